The van der Waals surface area contributed by atoms with Crippen molar-refractivity contribution in [1.29, 1.82) is 0 Å². The third kappa shape index (κ3) is 2.25. The van der Waals surface area contributed by atoms with Gasteiger partial charge in [-0.2, -0.15) is 0 Å². The Morgan fingerprint density at radius 3 is 2.48 bits per heavy atom. The predicted octanol–water partition coefficient (Wildman–Crippen LogP) is 1.35. The lowest BCUT2D eigenvalue weighted by molar-refractivity contribution is -0.286. The summed E-state index contributed by atoms with van der Waals surface area (Å²) in [5.41, 5.74) is -0.498. The molecule has 2 saturated heterocycles. The number of aliphatic hydroxyl groups is 1. The molecule has 0 aliphatic carbocycles. The van der Waals surface area contributed by atoms with Gasteiger partial charge in [-0.05, 0) is 30.5 Å². The van der Waals surface area contributed by atoms with E-state index in [4.69, 9.17) is 4.74 Å². The zero-order valence-corrected chi connectivity index (χ0v) is 11.1. The first-order valence-corrected chi connectivity index (χ1v) is 6.90. The lowest BCUT2D eigenvalue weighted by atomic mass is 9.78. The zero-order valence-electron chi connectivity index (χ0n) is 11.1. The van der Waals surface area contributed by atoms with Crippen LogP contribution in [0.2, 0.25) is 0 Å². The summed E-state index contributed by atoms with van der Waals surface area (Å²) in [6.45, 7) is 1.09. The number of ether oxygens (including phenoxy) is 3. The Kier molecular flexibility index (Phi) is 2.70. The normalized spacial score (nSPS) is 36.5. The average molecular weight is 299 g/mol. The summed E-state index contributed by atoms with van der Waals surface area (Å²) in [4.78, 5) is 0. The Balaban J connectivity index is 1.65. The van der Waals surface area contributed by atoms with E-state index in [1.54, 1.807) is 6.07 Å². The summed E-state index contributed by atoms with van der Waals surface area (Å²) in [6.07, 6.45) is -2.69. The standard InChI is InChI=1S/C14H15F2NO4/c15-14(16)20-11-2-1-8(3-12(11)21-14)13(18)4-9-6-19-7-10(5-13)17-9/h1-3,9-10,17-18H,4-7H2. The second-order valence-corrected chi connectivity index (χ2v) is 5.87. The average Bonchev–Trinajstić information content (AvgIpc) is 2.70. The van der Waals surface area contributed by atoms with E-state index < -0.39 is 11.9 Å². The Labute approximate surface area is 119 Å². The molecule has 3 aliphatic rings. The summed E-state index contributed by atoms with van der Waals surface area (Å²) < 4.78 is 40.4. The molecule has 2 N–H and O–H groups in total. The molecular weight excluding hydrogens is 284 g/mol. The maximum atomic E-state index is 13.1. The third-order valence-electron chi connectivity index (χ3n) is 4.22. The highest BCUT2D eigenvalue weighted by atomic mass is 19.3. The summed E-state index contributed by atoms with van der Waals surface area (Å²) in [6, 6.07) is 4.60. The van der Waals surface area contributed by atoms with E-state index in [1.807, 2.05) is 0 Å². The number of alkyl halides is 2. The number of piperidine rings is 1. The number of halogens is 2. The largest absolute Gasteiger partial charge is 0.586 e. The molecule has 1 aromatic carbocycles. The number of benzene rings is 1. The van der Waals surface area contributed by atoms with Crippen LogP contribution >= 0.6 is 0 Å². The van der Waals surface area contributed by atoms with Crippen LogP contribution in [0, 0.1) is 0 Å². The maximum absolute atomic E-state index is 13.1. The summed E-state index contributed by atoms with van der Waals surface area (Å²) >= 11 is 0. The van der Waals surface area contributed by atoms with Gasteiger partial charge < -0.3 is 24.6 Å². The Morgan fingerprint density at radius 2 is 1.76 bits per heavy atom. The van der Waals surface area contributed by atoms with Gasteiger partial charge in [0.1, 0.15) is 0 Å². The van der Waals surface area contributed by atoms with E-state index in [0.29, 0.717) is 31.6 Å². The van der Waals surface area contributed by atoms with Crippen molar-refractivity contribution in [3.8, 4) is 11.5 Å². The molecule has 0 saturated carbocycles. The molecule has 5 nitrogen and oxygen atoms in total. The van der Waals surface area contributed by atoms with Crippen molar-refractivity contribution in [2.24, 2.45) is 0 Å². The number of rotatable bonds is 1. The quantitative estimate of drug-likeness (QED) is 0.819. The molecule has 114 valence electrons. The van der Waals surface area contributed by atoms with Crippen LogP contribution in [-0.2, 0) is 10.3 Å². The topological polar surface area (TPSA) is 60.0 Å². The highest BCUT2D eigenvalue weighted by Crippen LogP contribution is 2.45. The van der Waals surface area contributed by atoms with Crippen LogP contribution in [0.3, 0.4) is 0 Å². The number of morpholine rings is 1. The van der Waals surface area contributed by atoms with Gasteiger partial charge >= 0.3 is 6.29 Å². The predicted molar refractivity (Wildman–Crippen MR) is 67.3 cm³/mol. The van der Waals surface area contributed by atoms with Gasteiger partial charge in [0.2, 0.25) is 0 Å². The van der Waals surface area contributed by atoms with Crippen molar-refractivity contribution in [1.82, 2.24) is 5.32 Å². The molecule has 21 heavy (non-hydrogen) atoms. The van der Waals surface area contributed by atoms with Crippen molar-refractivity contribution in [3.63, 3.8) is 0 Å². The molecule has 7 heteroatoms. The first kappa shape index (κ1) is 13.2. The first-order valence-electron chi connectivity index (χ1n) is 6.90. The molecule has 3 heterocycles. The van der Waals surface area contributed by atoms with Crippen LogP contribution in [0.1, 0.15) is 18.4 Å². The van der Waals surface area contributed by atoms with E-state index in [-0.39, 0.29) is 23.6 Å². The summed E-state index contributed by atoms with van der Waals surface area (Å²) in [7, 11) is 0. The molecule has 3 aliphatic heterocycles. The van der Waals surface area contributed by atoms with Crippen molar-refractivity contribution in [3.05, 3.63) is 23.8 Å². The van der Waals surface area contributed by atoms with E-state index in [0.717, 1.165) is 0 Å². The van der Waals surface area contributed by atoms with E-state index in [1.165, 1.54) is 12.1 Å². The van der Waals surface area contributed by atoms with Crippen LogP contribution in [0.5, 0.6) is 11.5 Å². The second-order valence-electron chi connectivity index (χ2n) is 5.87. The summed E-state index contributed by atoms with van der Waals surface area (Å²) in [5.74, 6) is -0.0457. The fourth-order valence-corrected chi connectivity index (χ4v) is 3.39. The van der Waals surface area contributed by atoms with E-state index in [9.17, 15) is 13.9 Å². The minimum absolute atomic E-state index is 0.00943. The highest BCUT2D eigenvalue weighted by molar-refractivity contribution is 5.47. The van der Waals surface area contributed by atoms with Crippen molar-refractivity contribution in [2.75, 3.05) is 13.2 Å². The molecule has 0 aromatic heterocycles. The van der Waals surface area contributed by atoms with Crippen LogP contribution < -0.4 is 14.8 Å². The molecule has 0 spiro atoms. The minimum atomic E-state index is -3.64. The fourth-order valence-electron chi connectivity index (χ4n) is 3.39. The van der Waals surface area contributed by atoms with Gasteiger partial charge in [0, 0.05) is 12.1 Å². The molecular formula is C14H15F2NO4. The number of fused-ring (bicyclic) bond motifs is 3. The molecule has 4 rings (SSSR count). The first-order chi connectivity index (χ1) is 9.94. The van der Waals surface area contributed by atoms with Crippen molar-refractivity contribution >= 4 is 0 Å². The highest BCUT2D eigenvalue weighted by Gasteiger charge is 2.46. The molecule has 2 bridgehead atoms. The van der Waals surface area contributed by atoms with Gasteiger partial charge in [-0.25, -0.2) is 0 Å². The van der Waals surface area contributed by atoms with Crippen molar-refractivity contribution < 1.29 is 28.1 Å². The van der Waals surface area contributed by atoms with Gasteiger partial charge in [-0.1, -0.05) is 6.07 Å². The molecule has 1 aromatic rings. The van der Waals surface area contributed by atoms with Crippen molar-refractivity contribution in [2.45, 2.75) is 36.8 Å². The maximum Gasteiger partial charge on any atom is 0.586 e. The van der Waals surface area contributed by atoms with Gasteiger partial charge in [-0.3, -0.25) is 0 Å². The molecule has 2 unspecified atom stereocenters. The number of hydrogen-bond donors (Lipinski definition) is 2. The van der Waals surface area contributed by atoms with Crippen LogP contribution in [0.15, 0.2) is 18.2 Å². The lowest BCUT2D eigenvalue weighted by Gasteiger charge is -2.45. The number of nitrogens with one attached hydrogen (secondary N) is 1. The van der Waals surface area contributed by atoms with Crippen LogP contribution in [0.25, 0.3) is 0 Å². The monoisotopic (exact) mass is 299 g/mol. The number of hydrogen-bond acceptors (Lipinski definition) is 5. The fraction of sp³-hybridized carbons (Fsp3) is 0.571. The van der Waals surface area contributed by atoms with Crippen LogP contribution in [0.4, 0.5) is 8.78 Å². The second kappa shape index (κ2) is 4.28. The zero-order chi connectivity index (χ0) is 14.7. The van der Waals surface area contributed by atoms with E-state index >= 15 is 0 Å². The Morgan fingerprint density at radius 1 is 1.10 bits per heavy atom. The lowest BCUT2D eigenvalue weighted by Crippen LogP contribution is -2.58. The van der Waals surface area contributed by atoms with Crippen LogP contribution in [-0.4, -0.2) is 36.7 Å². The van der Waals surface area contributed by atoms with Gasteiger partial charge in [0.05, 0.1) is 18.8 Å². The molecule has 2 fully saturated rings. The van der Waals surface area contributed by atoms with Gasteiger partial charge in [0.25, 0.3) is 0 Å². The molecule has 2 atom stereocenters. The smallest absolute Gasteiger partial charge is 0.395 e. The summed E-state index contributed by atoms with van der Waals surface area (Å²) in [5, 5.41) is 14.3. The minimum Gasteiger partial charge on any atom is -0.395 e. The van der Waals surface area contributed by atoms with Gasteiger partial charge in [0.15, 0.2) is 11.5 Å². The third-order valence-corrected chi connectivity index (χ3v) is 4.22. The van der Waals surface area contributed by atoms with Gasteiger partial charge in [-0.15, -0.1) is 8.78 Å². The Hall–Kier alpha value is -1.44. The molecule has 0 amide bonds. The SMILES string of the molecule is OC1(c2ccc3c(c2)OC(F)(F)O3)CC2COCC(C1)N2. The van der Waals surface area contributed by atoms with E-state index in [2.05, 4.69) is 14.8 Å². The molecule has 0 radical (unpaired) electrons. The Bertz CT molecular complexity index is 568.